The fraction of sp³-hybridized carbons (Fsp3) is 0.562. The van der Waals surface area contributed by atoms with Crippen LogP contribution in [0.1, 0.15) is 37.3 Å². The van der Waals surface area contributed by atoms with Crippen LogP contribution in [0, 0.1) is 18.3 Å². The molecule has 3 nitrogen and oxygen atoms in total. The van der Waals surface area contributed by atoms with Crippen LogP contribution < -0.4 is 5.32 Å². The predicted molar refractivity (Wildman–Crippen MR) is 79.3 cm³/mol. The first-order chi connectivity index (χ1) is 9.20. The molecule has 2 rings (SSSR count). The molecule has 0 amide bonds. The Bertz CT molecular complexity index is 456. The molecule has 0 aliphatic carbocycles. The van der Waals surface area contributed by atoms with E-state index in [1.54, 1.807) is 0 Å². The van der Waals surface area contributed by atoms with Gasteiger partial charge >= 0.3 is 0 Å². The molecule has 1 unspecified atom stereocenters. The fourth-order valence-corrected chi connectivity index (χ4v) is 2.65. The topological polar surface area (TPSA) is 39.1 Å². The lowest BCUT2D eigenvalue weighted by molar-refractivity contribution is 0.180. The second kappa shape index (κ2) is 6.58. The first-order valence-corrected chi connectivity index (χ1v) is 7.19. The number of anilines is 1. The lowest BCUT2D eigenvalue weighted by atomic mass is 10.1. The molecular formula is C16H23N3. The summed E-state index contributed by atoms with van der Waals surface area (Å²) in [6, 6.07) is 8.70. The number of nitrogens with one attached hydrogen (secondary N) is 1. The van der Waals surface area contributed by atoms with Crippen molar-refractivity contribution in [3.8, 4) is 6.07 Å². The minimum absolute atomic E-state index is 0.521. The Morgan fingerprint density at radius 3 is 2.74 bits per heavy atom. The molecule has 1 atom stereocenters. The Labute approximate surface area is 116 Å². The van der Waals surface area contributed by atoms with Gasteiger partial charge in [0.05, 0.1) is 11.3 Å². The molecule has 19 heavy (non-hydrogen) atoms. The molecule has 1 fully saturated rings. The third-order valence-electron chi connectivity index (χ3n) is 3.90. The molecule has 0 aromatic heterocycles. The van der Waals surface area contributed by atoms with Crippen LogP contribution in [0.5, 0.6) is 0 Å². The second-order valence-corrected chi connectivity index (χ2v) is 5.49. The number of hydrogen-bond donors (Lipinski definition) is 1. The van der Waals surface area contributed by atoms with E-state index in [9.17, 15) is 0 Å². The summed E-state index contributed by atoms with van der Waals surface area (Å²) < 4.78 is 0. The number of likely N-dealkylation sites (tertiary alicyclic amines) is 1. The van der Waals surface area contributed by atoms with Crippen molar-refractivity contribution in [1.29, 1.82) is 5.26 Å². The zero-order chi connectivity index (χ0) is 13.7. The highest BCUT2D eigenvalue weighted by Gasteiger charge is 2.16. The number of nitrogens with zero attached hydrogens (tertiary/aromatic N) is 2. The van der Waals surface area contributed by atoms with Crippen LogP contribution in [0.4, 0.5) is 5.69 Å². The Kier molecular flexibility index (Phi) is 4.81. The van der Waals surface area contributed by atoms with Crippen molar-refractivity contribution in [1.82, 2.24) is 4.90 Å². The highest BCUT2D eigenvalue weighted by atomic mass is 15.2. The Hall–Kier alpha value is -1.53. The lowest BCUT2D eigenvalue weighted by Crippen LogP contribution is -2.41. The summed E-state index contributed by atoms with van der Waals surface area (Å²) in [5.74, 6) is 0. The fourth-order valence-electron chi connectivity index (χ4n) is 2.65. The normalized spacial score (nSPS) is 17.7. The van der Waals surface area contributed by atoms with E-state index in [1.807, 2.05) is 12.1 Å². The van der Waals surface area contributed by atoms with Crippen molar-refractivity contribution < 1.29 is 0 Å². The van der Waals surface area contributed by atoms with Gasteiger partial charge in [-0.1, -0.05) is 12.5 Å². The van der Waals surface area contributed by atoms with Gasteiger partial charge < -0.3 is 5.32 Å². The van der Waals surface area contributed by atoms with Crippen molar-refractivity contribution in [2.45, 2.75) is 39.2 Å². The summed E-state index contributed by atoms with van der Waals surface area (Å²) in [7, 11) is 0. The molecular weight excluding hydrogens is 234 g/mol. The lowest BCUT2D eigenvalue weighted by Gasteiger charge is -2.32. The molecule has 102 valence electrons. The molecule has 1 N–H and O–H groups in total. The van der Waals surface area contributed by atoms with E-state index >= 15 is 0 Å². The summed E-state index contributed by atoms with van der Waals surface area (Å²) in [5.41, 5.74) is 2.88. The largest absolute Gasteiger partial charge is 0.382 e. The molecule has 0 saturated carbocycles. The van der Waals surface area contributed by atoms with Crippen LogP contribution in [0.25, 0.3) is 0 Å². The molecule has 1 heterocycles. The molecule has 0 bridgehead atoms. The third-order valence-corrected chi connectivity index (χ3v) is 3.90. The van der Waals surface area contributed by atoms with E-state index < -0.39 is 0 Å². The van der Waals surface area contributed by atoms with Crippen LogP contribution in [-0.2, 0) is 0 Å². The van der Waals surface area contributed by atoms with Crippen LogP contribution in [0.2, 0.25) is 0 Å². The molecule has 1 aliphatic rings. The van der Waals surface area contributed by atoms with Gasteiger partial charge in [-0.05, 0) is 57.5 Å². The maximum Gasteiger partial charge on any atom is 0.101 e. The second-order valence-electron chi connectivity index (χ2n) is 5.49. The smallest absolute Gasteiger partial charge is 0.101 e. The summed E-state index contributed by atoms with van der Waals surface area (Å²) in [5, 5.41) is 12.6. The maximum atomic E-state index is 9.12. The van der Waals surface area contributed by atoms with Crippen molar-refractivity contribution in [3.05, 3.63) is 29.3 Å². The first-order valence-electron chi connectivity index (χ1n) is 7.19. The van der Waals surface area contributed by atoms with Crippen LogP contribution >= 0.6 is 0 Å². The summed E-state index contributed by atoms with van der Waals surface area (Å²) in [6.07, 6.45) is 4.00. The van der Waals surface area contributed by atoms with Crippen LogP contribution in [-0.4, -0.2) is 30.6 Å². The van der Waals surface area contributed by atoms with Crippen LogP contribution in [0.3, 0.4) is 0 Å². The summed E-state index contributed by atoms with van der Waals surface area (Å²) >= 11 is 0. The standard InChI is InChI=1S/C16H23N3/c1-13-6-7-15(11-17)16(10-13)18-12-14(2)19-8-4-3-5-9-19/h6-7,10,14,18H,3-5,8-9,12H2,1-2H3. The number of benzene rings is 1. The first kappa shape index (κ1) is 13.9. The van der Waals surface area contributed by atoms with Gasteiger partial charge in [-0.25, -0.2) is 0 Å². The van der Waals surface area contributed by atoms with Gasteiger partial charge in [-0.15, -0.1) is 0 Å². The highest BCUT2D eigenvalue weighted by molar-refractivity contribution is 5.58. The average Bonchev–Trinajstić information content (AvgIpc) is 2.46. The molecule has 1 aromatic carbocycles. The maximum absolute atomic E-state index is 9.12. The van der Waals surface area contributed by atoms with Gasteiger partial charge in [-0.3, -0.25) is 4.90 Å². The van der Waals surface area contributed by atoms with E-state index in [2.05, 4.69) is 36.2 Å². The average molecular weight is 257 g/mol. The van der Waals surface area contributed by atoms with Gasteiger partial charge in [0.2, 0.25) is 0 Å². The Morgan fingerprint density at radius 1 is 1.32 bits per heavy atom. The van der Waals surface area contributed by atoms with Gasteiger partial charge in [-0.2, -0.15) is 5.26 Å². The van der Waals surface area contributed by atoms with Gasteiger partial charge in [0, 0.05) is 12.6 Å². The van der Waals surface area contributed by atoms with Gasteiger partial charge in [0.25, 0.3) is 0 Å². The van der Waals surface area contributed by atoms with Crippen molar-refractivity contribution >= 4 is 5.69 Å². The third kappa shape index (κ3) is 3.71. The molecule has 1 aromatic rings. The zero-order valence-electron chi connectivity index (χ0n) is 11.9. The van der Waals surface area contributed by atoms with Gasteiger partial charge in [0.15, 0.2) is 0 Å². The molecule has 0 spiro atoms. The predicted octanol–water partition coefficient (Wildman–Crippen LogP) is 3.15. The van der Waals surface area contributed by atoms with E-state index in [0.717, 1.165) is 17.8 Å². The Morgan fingerprint density at radius 2 is 2.05 bits per heavy atom. The molecule has 3 heteroatoms. The van der Waals surface area contributed by atoms with Gasteiger partial charge in [0.1, 0.15) is 6.07 Å². The van der Waals surface area contributed by atoms with E-state index in [1.165, 1.54) is 37.9 Å². The van der Waals surface area contributed by atoms with E-state index in [-0.39, 0.29) is 0 Å². The van der Waals surface area contributed by atoms with E-state index in [0.29, 0.717) is 6.04 Å². The monoisotopic (exact) mass is 257 g/mol. The van der Waals surface area contributed by atoms with Crippen LogP contribution in [0.15, 0.2) is 18.2 Å². The summed E-state index contributed by atoms with van der Waals surface area (Å²) in [6.45, 7) is 7.64. The zero-order valence-corrected chi connectivity index (χ0v) is 11.9. The van der Waals surface area contributed by atoms with Crippen molar-refractivity contribution in [2.75, 3.05) is 25.0 Å². The summed E-state index contributed by atoms with van der Waals surface area (Å²) in [4.78, 5) is 2.54. The molecule has 1 aliphatic heterocycles. The minimum Gasteiger partial charge on any atom is -0.382 e. The molecule has 0 radical (unpaired) electrons. The van der Waals surface area contributed by atoms with Crippen molar-refractivity contribution in [2.24, 2.45) is 0 Å². The number of hydrogen-bond acceptors (Lipinski definition) is 3. The Balaban J connectivity index is 1.94. The molecule has 1 saturated heterocycles. The van der Waals surface area contributed by atoms with E-state index in [4.69, 9.17) is 5.26 Å². The number of nitriles is 1. The van der Waals surface area contributed by atoms with Crippen molar-refractivity contribution in [3.63, 3.8) is 0 Å². The SMILES string of the molecule is Cc1ccc(C#N)c(NCC(C)N2CCCCC2)c1. The number of aryl methyl sites for hydroxylation is 1. The highest BCUT2D eigenvalue weighted by Crippen LogP contribution is 2.18. The quantitative estimate of drug-likeness (QED) is 0.900. The number of rotatable bonds is 4. The number of piperidine rings is 1. The minimum atomic E-state index is 0.521.